The molecule has 0 unspecified atom stereocenters. The Morgan fingerprint density at radius 3 is 2.54 bits per heavy atom. The number of hydrogen-bond donors (Lipinski definition) is 0. The second kappa shape index (κ2) is 9.30. The molecule has 1 aliphatic rings. The zero-order valence-electron chi connectivity index (χ0n) is 16.1. The maximum atomic E-state index is 13.0. The van der Waals surface area contributed by atoms with Gasteiger partial charge in [-0.1, -0.05) is 12.5 Å². The van der Waals surface area contributed by atoms with E-state index in [2.05, 4.69) is 4.98 Å². The molecule has 1 aromatic heterocycles. The van der Waals surface area contributed by atoms with E-state index in [1.165, 1.54) is 10.4 Å². The zero-order chi connectivity index (χ0) is 20.0. The summed E-state index contributed by atoms with van der Waals surface area (Å²) in [5.41, 5.74) is 2.04. The summed E-state index contributed by atoms with van der Waals surface area (Å²) in [4.78, 5) is 16.5. The molecule has 6 nitrogen and oxygen atoms in total. The molecule has 0 spiro atoms. The van der Waals surface area contributed by atoms with Crippen LogP contribution in [0.15, 0.2) is 47.6 Å². The number of aromatic nitrogens is 1. The fraction of sp³-hybridized carbons (Fsp3) is 0.429. The van der Waals surface area contributed by atoms with Crippen molar-refractivity contribution in [1.82, 2.24) is 9.29 Å². The number of carbonyl (C=O) groups excluding carboxylic acids is 1. The molecule has 7 heteroatoms. The monoisotopic (exact) mass is 402 g/mol. The Morgan fingerprint density at radius 1 is 1.11 bits per heavy atom. The van der Waals surface area contributed by atoms with Crippen LogP contribution in [0.2, 0.25) is 0 Å². The lowest BCUT2D eigenvalue weighted by Gasteiger charge is -2.26. The highest BCUT2D eigenvalue weighted by Crippen LogP contribution is 2.24. The average molecular weight is 403 g/mol. The first-order valence-corrected chi connectivity index (χ1v) is 11.1. The van der Waals surface area contributed by atoms with E-state index in [-0.39, 0.29) is 17.1 Å². The summed E-state index contributed by atoms with van der Waals surface area (Å²) in [6.45, 7) is 3.10. The Morgan fingerprint density at radius 2 is 1.82 bits per heavy atom. The number of aryl methyl sites for hydroxylation is 2. The molecular weight excluding hydrogens is 376 g/mol. The van der Waals surface area contributed by atoms with Gasteiger partial charge in [0.25, 0.3) is 0 Å². The molecule has 0 bridgehead atoms. The molecule has 0 aliphatic carbocycles. The summed E-state index contributed by atoms with van der Waals surface area (Å²) in [5.74, 6) is -0.496. The van der Waals surface area contributed by atoms with Crippen LogP contribution in [-0.2, 0) is 21.2 Å². The van der Waals surface area contributed by atoms with Gasteiger partial charge in [0.1, 0.15) is 0 Å². The Balaban J connectivity index is 1.64. The van der Waals surface area contributed by atoms with Gasteiger partial charge >= 0.3 is 5.97 Å². The third kappa shape index (κ3) is 4.97. The molecule has 1 saturated heterocycles. The first-order chi connectivity index (χ1) is 13.5. The maximum Gasteiger partial charge on any atom is 0.338 e. The van der Waals surface area contributed by atoms with Crippen molar-refractivity contribution in [3.63, 3.8) is 0 Å². The third-order valence-corrected chi connectivity index (χ3v) is 6.99. The van der Waals surface area contributed by atoms with E-state index in [1.807, 2.05) is 12.1 Å². The van der Waals surface area contributed by atoms with Gasteiger partial charge in [0.2, 0.25) is 10.0 Å². The van der Waals surface area contributed by atoms with Crippen molar-refractivity contribution in [1.29, 1.82) is 0 Å². The number of sulfonamides is 1. The average Bonchev–Trinajstić information content (AvgIpc) is 2.72. The van der Waals surface area contributed by atoms with Gasteiger partial charge in [0.05, 0.1) is 17.1 Å². The molecule has 2 aromatic rings. The van der Waals surface area contributed by atoms with Crippen molar-refractivity contribution < 1.29 is 17.9 Å². The van der Waals surface area contributed by atoms with Gasteiger partial charge < -0.3 is 4.74 Å². The molecule has 0 radical (unpaired) electrons. The first kappa shape index (κ1) is 20.5. The van der Waals surface area contributed by atoms with E-state index in [9.17, 15) is 13.2 Å². The van der Waals surface area contributed by atoms with Gasteiger partial charge in [-0.15, -0.1) is 0 Å². The number of rotatable bonds is 7. The number of carbonyl (C=O) groups is 1. The van der Waals surface area contributed by atoms with E-state index in [4.69, 9.17) is 4.74 Å². The molecule has 3 rings (SSSR count). The highest BCUT2D eigenvalue weighted by Gasteiger charge is 2.28. The lowest BCUT2D eigenvalue weighted by molar-refractivity contribution is 0.0500. The molecule has 1 fully saturated rings. The highest BCUT2D eigenvalue weighted by molar-refractivity contribution is 7.89. The summed E-state index contributed by atoms with van der Waals surface area (Å²) in [6.07, 6.45) is 7.75. The third-order valence-electron chi connectivity index (χ3n) is 4.95. The van der Waals surface area contributed by atoms with Crippen LogP contribution in [-0.4, -0.2) is 43.4 Å². The van der Waals surface area contributed by atoms with Crippen molar-refractivity contribution in [2.45, 2.75) is 43.9 Å². The number of nitrogens with zero attached hydrogens (tertiary/aromatic N) is 2. The first-order valence-electron chi connectivity index (χ1n) is 9.65. The van der Waals surface area contributed by atoms with E-state index in [0.29, 0.717) is 25.1 Å². The van der Waals surface area contributed by atoms with Crippen LogP contribution in [0.5, 0.6) is 0 Å². The van der Waals surface area contributed by atoms with E-state index in [0.717, 1.165) is 31.2 Å². The van der Waals surface area contributed by atoms with Crippen LogP contribution in [0.1, 0.15) is 47.2 Å². The minimum absolute atomic E-state index is 0.195. The van der Waals surface area contributed by atoms with Crippen LogP contribution < -0.4 is 0 Å². The van der Waals surface area contributed by atoms with Crippen LogP contribution in [0.25, 0.3) is 0 Å². The fourth-order valence-corrected chi connectivity index (χ4v) is 5.09. The Bertz CT molecular complexity index is 907. The summed E-state index contributed by atoms with van der Waals surface area (Å²) in [6, 6.07) is 8.60. The number of pyridine rings is 1. The number of esters is 1. The summed E-state index contributed by atoms with van der Waals surface area (Å²) >= 11 is 0. The van der Waals surface area contributed by atoms with Crippen molar-refractivity contribution in [3.05, 3.63) is 59.4 Å². The minimum Gasteiger partial charge on any atom is -0.462 e. The Labute approximate surface area is 166 Å². The number of ether oxygens (including phenoxy) is 1. The SMILES string of the molecule is Cc1ccc(C(=O)OCCCc2ccncc2)cc1S(=O)(=O)N1CCCCC1. The second-order valence-electron chi connectivity index (χ2n) is 7.04. The minimum atomic E-state index is -3.59. The standard InChI is InChI=1S/C21H26N2O4S/c1-17-7-8-19(16-20(17)28(25,26)23-13-3-2-4-14-23)21(24)27-15-5-6-18-9-11-22-12-10-18/h7-12,16H,2-6,13-15H2,1H3. The molecule has 0 N–H and O–H groups in total. The highest BCUT2D eigenvalue weighted by atomic mass is 32.2. The topological polar surface area (TPSA) is 76.6 Å². The Hall–Kier alpha value is -2.25. The molecule has 150 valence electrons. The smallest absolute Gasteiger partial charge is 0.338 e. The van der Waals surface area contributed by atoms with Gasteiger partial charge in [-0.2, -0.15) is 4.31 Å². The summed E-state index contributed by atoms with van der Waals surface area (Å²) in [5, 5.41) is 0. The van der Waals surface area contributed by atoms with E-state index >= 15 is 0 Å². The van der Waals surface area contributed by atoms with Crippen molar-refractivity contribution in [3.8, 4) is 0 Å². The predicted molar refractivity (Wildman–Crippen MR) is 107 cm³/mol. The maximum absolute atomic E-state index is 13.0. The lowest BCUT2D eigenvalue weighted by atomic mass is 10.1. The van der Waals surface area contributed by atoms with Crippen LogP contribution >= 0.6 is 0 Å². The molecule has 28 heavy (non-hydrogen) atoms. The normalized spacial score (nSPS) is 15.3. The van der Waals surface area contributed by atoms with Gasteiger partial charge in [-0.25, -0.2) is 13.2 Å². The molecular formula is C21H26N2O4S. The Kier molecular flexibility index (Phi) is 6.80. The van der Waals surface area contributed by atoms with Crippen LogP contribution in [0.4, 0.5) is 0 Å². The number of hydrogen-bond acceptors (Lipinski definition) is 5. The lowest BCUT2D eigenvalue weighted by Crippen LogP contribution is -2.36. The quantitative estimate of drug-likeness (QED) is 0.524. The molecule has 1 aliphatic heterocycles. The largest absolute Gasteiger partial charge is 0.462 e. The van der Waals surface area contributed by atoms with Crippen molar-refractivity contribution in [2.24, 2.45) is 0 Å². The fourth-order valence-electron chi connectivity index (χ4n) is 3.32. The van der Waals surface area contributed by atoms with Gasteiger partial charge in [-0.05, 0) is 68.0 Å². The molecule has 1 aromatic carbocycles. The summed E-state index contributed by atoms with van der Waals surface area (Å²) < 4.78 is 32.8. The van der Waals surface area contributed by atoms with Gasteiger partial charge in [0.15, 0.2) is 0 Å². The van der Waals surface area contributed by atoms with Gasteiger partial charge in [-0.3, -0.25) is 4.98 Å². The van der Waals surface area contributed by atoms with Gasteiger partial charge in [0, 0.05) is 25.5 Å². The molecule has 2 heterocycles. The summed E-state index contributed by atoms with van der Waals surface area (Å²) in [7, 11) is -3.59. The van der Waals surface area contributed by atoms with Crippen LogP contribution in [0, 0.1) is 6.92 Å². The molecule has 0 amide bonds. The zero-order valence-corrected chi connectivity index (χ0v) is 17.0. The molecule has 0 saturated carbocycles. The predicted octanol–water partition coefficient (Wildman–Crippen LogP) is 3.35. The molecule has 0 atom stereocenters. The van der Waals surface area contributed by atoms with Crippen LogP contribution in [0.3, 0.4) is 0 Å². The number of piperidine rings is 1. The van der Waals surface area contributed by atoms with Crippen molar-refractivity contribution >= 4 is 16.0 Å². The van der Waals surface area contributed by atoms with Crippen molar-refractivity contribution in [2.75, 3.05) is 19.7 Å². The second-order valence-corrected chi connectivity index (χ2v) is 8.95. The number of benzene rings is 1. The van der Waals surface area contributed by atoms with E-state index in [1.54, 1.807) is 31.5 Å². The van der Waals surface area contributed by atoms with E-state index < -0.39 is 16.0 Å².